The summed E-state index contributed by atoms with van der Waals surface area (Å²) < 4.78 is 1.74. The molecule has 0 fully saturated rings. The maximum atomic E-state index is 6.28. The Balaban J connectivity index is 2.63. The van der Waals surface area contributed by atoms with Crippen LogP contribution in [0.2, 0.25) is 5.15 Å². The highest BCUT2D eigenvalue weighted by atomic mass is 35.5. The van der Waals surface area contributed by atoms with Gasteiger partial charge in [-0.3, -0.25) is 0 Å². The van der Waals surface area contributed by atoms with Gasteiger partial charge in [-0.15, -0.1) is 0 Å². The molecule has 0 aliphatic heterocycles. The molecule has 16 heavy (non-hydrogen) atoms. The summed E-state index contributed by atoms with van der Waals surface area (Å²) in [5.74, 6) is 0. The molecule has 0 radical (unpaired) electrons. The summed E-state index contributed by atoms with van der Waals surface area (Å²) in [5.41, 5.74) is 4.00. The van der Waals surface area contributed by atoms with Crippen molar-refractivity contribution in [3.05, 3.63) is 28.2 Å². The fourth-order valence-corrected chi connectivity index (χ4v) is 2.10. The first-order chi connectivity index (χ1) is 7.67. The van der Waals surface area contributed by atoms with E-state index in [0.717, 1.165) is 41.9 Å². The minimum absolute atomic E-state index is 0.684. The molecule has 0 atom stereocenters. The minimum Gasteiger partial charge on any atom is -0.233 e. The van der Waals surface area contributed by atoms with Crippen LogP contribution < -0.4 is 0 Å². The predicted octanol–water partition coefficient (Wildman–Crippen LogP) is 3.21. The number of hydrogen-bond donors (Lipinski definition) is 0. The third kappa shape index (κ3) is 1.80. The minimum atomic E-state index is 0.684. The van der Waals surface area contributed by atoms with Crippen molar-refractivity contribution in [2.24, 2.45) is 0 Å². The Hall–Kier alpha value is -1.09. The van der Waals surface area contributed by atoms with Crippen LogP contribution in [-0.2, 0) is 12.8 Å². The summed E-state index contributed by atoms with van der Waals surface area (Å²) in [5, 5.41) is 5.14. The van der Waals surface area contributed by atoms with Crippen LogP contribution in [0.25, 0.3) is 5.65 Å². The highest BCUT2D eigenvalue weighted by molar-refractivity contribution is 6.30. The van der Waals surface area contributed by atoms with Gasteiger partial charge in [0.15, 0.2) is 5.65 Å². The van der Waals surface area contributed by atoms with Gasteiger partial charge in [0.2, 0.25) is 0 Å². The van der Waals surface area contributed by atoms with Crippen molar-refractivity contribution >= 4 is 17.2 Å². The lowest BCUT2D eigenvalue weighted by atomic mass is 10.2. The summed E-state index contributed by atoms with van der Waals surface area (Å²) in [7, 11) is 0. The zero-order valence-corrected chi connectivity index (χ0v) is 10.7. The fourth-order valence-electron chi connectivity index (χ4n) is 1.87. The average Bonchev–Trinajstić information content (AvgIpc) is 2.67. The molecule has 0 unspecified atom stereocenters. The summed E-state index contributed by atoms with van der Waals surface area (Å²) in [6.07, 6.45) is 2.96. The molecule has 0 N–H and O–H groups in total. The van der Waals surface area contributed by atoms with E-state index in [1.54, 1.807) is 4.52 Å². The van der Waals surface area contributed by atoms with Crippen LogP contribution in [0.5, 0.6) is 0 Å². The molecule has 86 valence electrons. The van der Waals surface area contributed by atoms with E-state index < -0.39 is 0 Å². The summed E-state index contributed by atoms with van der Waals surface area (Å²) >= 11 is 6.28. The van der Waals surface area contributed by atoms with E-state index in [1.165, 1.54) is 0 Å². The third-order valence-electron chi connectivity index (χ3n) is 2.76. The van der Waals surface area contributed by atoms with Gasteiger partial charge in [-0.25, -0.2) is 9.50 Å². The van der Waals surface area contributed by atoms with Crippen LogP contribution in [0.1, 0.15) is 37.2 Å². The number of fused-ring (bicyclic) bond motifs is 1. The van der Waals surface area contributed by atoms with Crippen LogP contribution >= 0.6 is 11.6 Å². The molecule has 0 amide bonds. The summed E-state index contributed by atoms with van der Waals surface area (Å²) in [6.45, 7) is 6.22. The van der Waals surface area contributed by atoms with Gasteiger partial charge in [-0.05, 0) is 19.8 Å². The normalized spacial score (nSPS) is 11.2. The molecule has 3 nitrogen and oxygen atoms in total. The van der Waals surface area contributed by atoms with Crippen LogP contribution in [0.15, 0.2) is 6.07 Å². The number of aryl methyl sites for hydroxylation is 2. The van der Waals surface area contributed by atoms with Gasteiger partial charge in [-0.1, -0.05) is 31.9 Å². The van der Waals surface area contributed by atoms with E-state index in [1.807, 2.05) is 13.0 Å². The van der Waals surface area contributed by atoms with Crippen molar-refractivity contribution in [2.45, 2.75) is 40.0 Å². The van der Waals surface area contributed by atoms with Gasteiger partial charge in [0, 0.05) is 17.3 Å². The lowest BCUT2D eigenvalue weighted by Gasteiger charge is -2.05. The second-order valence-electron chi connectivity index (χ2n) is 3.98. The second kappa shape index (κ2) is 4.42. The monoisotopic (exact) mass is 237 g/mol. The van der Waals surface area contributed by atoms with Crippen LogP contribution in [0.3, 0.4) is 0 Å². The topological polar surface area (TPSA) is 30.2 Å². The van der Waals surface area contributed by atoms with Crippen molar-refractivity contribution in [2.75, 3.05) is 0 Å². The third-order valence-corrected chi connectivity index (χ3v) is 3.20. The maximum absolute atomic E-state index is 6.28. The Bertz CT molecular complexity index is 516. The first kappa shape index (κ1) is 11.4. The molecule has 0 aromatic carbocycles. The van der Waals surface area contributed by atoms with Crippen molar-refractivity contribution in [3.63, 3.8) is 0 Å². The fraction of sp³-hybridized carbons (Fsp3) is 0.500. The Labute approximate surface area is 100 Å². The lowest BCUT2D eigenvalue weighted by Crippen LogP contribution is -2.01. The van der Waals surface area contributed by atoms with Gasteiger partial charge >= 0.3 is 0 Å². The number of hydrogen-bond acceptors (Lipinski definition) is 2. The molecule has 0 aliphatic carbocycles. The average molecular weight is 238 g/mol. The standard InChI is InChI=1S/C12H16ClN3/c1-4-6-9-7-11-14-10(5-2)8(3)12(13)16(11)15-9/h7H,4-6H2,1-3H3. The molecule has 0 bridgehead atoms. The number of aromatic nitrogens is 3. The first-order valence-electron chi connectivity index (χ1n) is 5.71. The molecule has 0 spiro atoms. The van der Waals surface area contributed by atoms with Gasteiger partial charge < -0.3 is 0 Å². The zero-order valence-electron chi connectivity index (χ0n) is 9.92. The van der Waals surface area contributed by atoms with Gasteiger partial charge in [0.05, 0.1) is 5.69 Å². The summed E-state index contributed by atoms with van der Waals surface area (Å²) in [4.78, 5) is 4.57. The van der Waals surface area contributed by atoms with Gasteiger partial charge in [0.25, 0.3) is 0 Å². The molecule has 2 rings (SSSR count). The highest BCUT2D eigenvalue weighted by Crippen LogP contribution is 2.20. The maximum Gasteiger partial charge on any atom is 0.157 e. The molecule has 2 aromatic heterocycles. The quantitative estimate of drug-likeness (QED) is 0.768. The Morgan fingerprint density at radius 2 is 2.12 bits per heavy atom. The Morgan fingerprint density at radius 1 is 1.38 bits per heavy atom. The van der Waals surface area contributed by atoms with Gasteiger partial charge in [0.1, 0.15) is 5.15 Å². The van der Waals surface area contributed by atoms with Crippen molar-refractivity contribution in [3.8, 4) is 0 Å². The second-order valence-corrected chi connectivity index (χ2v) is 4.34. The molecule has 4 heteroatoms. The molecule has 2 aromatic rings. The SMILES string of the molecule is CCCc1cc2nc(CC)c(C)c(Cl)n2n1. The van der Waals surface area contributed by atoms with Crippen LogP contribution in [-0.4, -0.2) is 14.6 Å². The smallest absolute Gasteiger partial charge is 0.157 e. The Kier molecular flexibility index (Phi) is 3.15. The molecule has 0 saturated heterocycles. The summed E-state index contributed by atoms with van der Waals surface area (Å²) in [6, 6.07) is 2.02. The molecular weight excluding hydrogens is 222 g/mol. The molecule has 0 saturated carbocycles. The van der Waals surface area contributed by atoms with E-state index in [9.17, 15) is 0 Å². The van der Waals surface area contributed by atoms with E-state index in [2.05, 4.69) is 23.9 Å². The van der Waals surface area contributed by atoms with Crippen molar-refractivity contribution in [1.29, 1.82) is 0 Å². The number of nitrogens with zero attached hydrogens (tertiary/aromatic N) is 3. The van der Waals surface area contributed by atoms with Crippen molar-refractivity contribution in [1.82, 2.24) is 14.6 Å². The van der Waals surface area contributed by atoms with E-state index in [4.69, 9.17) is 11.6 Å². The highest BCUT2D eigenvalue weighted by Gasteiger charge is 2.11. The number of halogens is 1. The van der Waals surface area contributed by atoms with E-state index >= 15 is 0 Å². The molecular formula is C12H16ClN3. The number of rotatable bonds is 3. The lowest BCUT2D eigenvalue weighted by molar-refractivity contribution is 0.824. The van der Waals surface area contributed by atoms with Crippen molar-refractivity contribution < 1.29 is 0 Å². The predicted molar refractivity (Wildman–Crippen MR) is 66.1 cm³/mol. The van der Waals surface area contributed by atoms with Gasteiger partial charge in [-0.2, -0.15) is 5.10 Å². The van der Waals surface area contributed by atoms with E-state index in [0.29, 0.717) is 5.15 Å². The first-order valence-corrected chi connectivity index (χ1v) is 6.08. The Morgan fingerprint density at radius 3 is 2.75 bits per heavy atom. The molecule has 0 aliphatic rings. The largest absolute Gasteiger partial charge is 0.233 e. The van der Waals surface area contributed by atoms with Crippen LogP contribution in [0, 0.1) is 6.92 Å². The zero-order chi connectivity index (χ0) is 11.7. The van der Waals surface area contributed by atoms with Crippen LogP contribution in [0.4, 0.5) is 0 Å². The molecule has 2 heterocycles. The van der Waals surface area contributed by atoms with E-state index in [-0.39, 0.29) is 0 Å².